The molecule has 6 heteroatoms. The van der Waals surface area contributed by atoms with Crippen LogP contribution in [0.3, 0.4) is 0 Å². The van der Waals surface area contributed by atoms with Crippen molar-refractivity contribution in [3.05, 3.63) is 12.3 Å². The molecule has 0 saturated heterocycles. The number of nitrogens with two attached hydrogens (primary N) is 1. The molecule has 0 bridgehead atoms. The van der Waals surface area contributed by atoms with Gasteiger partial charge in [0.2, 0.25) is 11.9 Å². The Hall–Kier alpha value is -1.85. The van der Waals surface area contributed by atoms with Crippen molar-refractivity contribution in [3.63, 3.8) is 0 Å². The van der Waals surface area contributed by atoms with Gasteiger partial charge in [-0.3, -0.25) is 4.79 Å². The first-order valence-electron chi connectivity index (χ1n) is 4.13. The molecule has 0 aliphatic carbocycles. The first kappa shape index (κ1) is 10.2. The van der Waals surface area contributed by atoms with Gasteiger partial charge in [-0.05, 0) is 6.07 Å². The Morgan fingerprint density at radius 3 is 3.00 bits per heavy atom. The van der Waals surface area contributed by atoms with Gasteiger partial charge in [-0.15, -0.1) is 0 Å². The zero-order valence-electron chi connectivity index (χ0n) is 8.19. The second-order valence-corrected chi connectivity index (χ2v) is 2.80. The Balaban J connectivity index is 2.69. The Bertz CT molecular complexity index is 327. The number of nitrogen functional groups attached to an aromatic ring is 1. The molecule has 1 aromatic rings. The molecular weight excluding hydrogens is 182 g/mol. The summed E-state index contributed by atoms with van der Waals surface area (Å²) in [5, 5.41) is 2.52. The molecule has 76 valence electrons. The largest absolute Gasteiger partial charge is 0.368 e. The lowest BCUT2D eigenvalue weighted by atomic mass is 10.4. The number of nitrogens with zero attached hydrogens (tertiary/aromatic N) is 3. The smallest absolute Gasteiger partial charge is 0.239 e. The lowest BCUT2D eigenvalue weighted by Crippen LogP contribution is -2.33. The number of anilines is 2. The molecule has 0 atom stereocenters. The summed E-state index contributed by atoms with van der Waals surface area (Å²) in [5.41, 5.74) is 5.41. The SMILES string of the molecule is CNC(=O)CN(C)c1ccnc(N)n1. The van der Waals surface area contributed by atoms with Gasteiger partial charge in [0.05, 0.1) is 6.54 Å². The van der Waals surface area contributed by atoms with E-state index in [2.05, 4.69) is 15.3 Å². The molecule has 0 fully saturated rings. The lowest BCUT2D eigenvalue weighted by molar-refractivity contribution is -0.119. The van der Waals surface area contributed by atoms with Crippen LogP contribution in [0.4, 0.5) is 11.8 Å². The number of amides is 1. The number of likely N-dealkylation sites (N-methyl/N-ethyl adjacent to an activating group) is 2. The van der Waals surface area contributed by atoms with Crippen LogP contribution in [0.15, 0.2) is 12.3 Å². The molecule has 3 N–H and O–H groups in total. The van der Waals surface area contributed by atoms with Crippen LogP contribution in [-0.2, 0) is 4.79 Å². The van der Waals surface area contributed by atoms with E-state index >= 15 is 0 Å². The normalized spacial score (nSPS) is 9.57. The molecule has 0 spiro atoms. The molecule has 0 radical (unpaired) electrons. The molecular formula is C8H13N5O. The third-order valence-corrected chi connectivity index (χ3v) is 1.71. The van der Waals surface area contributed by atoms with Gasteiger partial charge in [0.15, 0.2) is 0 Å². The van der Waals surface area contributed by atoms with Gasteiger partial charge in [-0.2, -0.15) is 4.98 Å². The number of rotatable bonds is 3. The highest BCUT2D eigenvalue weighted by Gasteiger charge is 2.06. The molecule has 0 aliphatic rings. The van der Waals surface area contributed by atoms with Crippen molar-refractivity contribution in [3.8, 4) is 0 Å². The summed E-state index contributed by atoms with van der Waals surface area (Å²) in [5.74, 6) is 0.747. The van der Waals surface area contributed by atoms with Crippen molar-refractivity contribution in [2.75, 3.05) is 31.3 Å². The molecule has 0 unspecified atom stereocenters. The van der Waals surface area contributed by atoms with Crippen molar-refractivity contribution in [2.45, 2.75) is 0 Å². The average molecular weight is 195 g/mol. The molecule has 1 aromatic heterocycles. The summed E-state index contributed by atoms with van der Waals surface area (Å²) < 4.78 is 0. The number of nitrogens with one attached hydrogen (secondary N) is 1. The Morgan fingerprint density at radius 1 is 1.71 bits per heavy atom. The van der Waals surface area contributed by atoms with Crippen molar-refractivity contribution in [1.82, 2.24) is 15.3 Å². The summed E-state index contributed by atoms with van der Waals surface area (Å²) in [4.78, 5) is 20.5. The van der Waals surface area contributed by atoms with Gasteiger partial charge >= 0.3 is 0 Å². The fourth-order valence-electron chi connectivity index (χ4n) is 0.952. The minimum Gasteiger partial charge on any atom is -0.368 e. The van der Waals surface area contributed by atoms with Gasteiger partial charge in [0.25, 0.3) is 0 Å². The van der Waals surface area contributed by atoms with Gasteiger partial charge in [-0.25, -0.2) is 4.98 Å². The first-order chi connectivity index (χ1) is 6.63. The molecule has 6 nitrogen and oxygen atoms in total. The van der Waals surface area contributed by atoms with Crippen LogP contribution in [0.1, 0.15) is 0 Å². The van der Waals surface area contributed by atoms with Gasteiger partial charge < -0.3 is 16.0 Å². The molecule has 0 aromatic carbocycles. The fraction of sp³-hybridized carbons (Fsp3) is 0.375. The van der Waals surface area contributed by atoms with E-state index in [0.29, 0.717) is 5.82 Å². The molecule has 1 amide bonds. The second kappa shape index (κ2) is 4.40. The Kier molecular flexibility index (Phi) is 3.22. The van der Waals surface area contributed by atoms with Crippen molar-refractivity contribution < 1.29 is 4.79 Å². The highest BCUT2D eigenvalue weighted by Crippen LogP contribution is 2.07. The van der Waals surface area contributed by atoms with Crippen molar-refractivity contribution >= 4 is 17.7 Å². The topological polar surface area (TPSA) is 84.1 Å². The number of hydrogen-bond acceptors (Lipinski definition) is 5. The van der Waals surface area contributed by atoms with Crippen LogP contribution in [0.25, 0.3) is 0 Å². The van der Waals surface area contributed by atoms with E-state index in [-0.39, 0.29) is 18.4 Å². The highest BCUT2D eigenvalue weighted by molar-refractivity contribution is 5.80. The van der Waals surface area contributed by atoms with Crippen molar-refractivity contribution in [1.29, 1.82) is 0 Å². The second-order valence-electron chi connectivity index (χ2n) is 2.80. The number of aromatic nitrogens is 2. The third-order valence-electron chi connectivity index (χ3n) is 1.71. The average Bonchev–Trinajstić information content (AvgIpc) is 2.17. The van der Waals surface area contributed by atoms with Gasteiger partial charge in [-0.1, -0.05) is 0 Å². The molecule has 0 aliphatic heterocycles. The maximum Gasteiger partial charge on any atom is 0.239 e. The number of hydrogen-bond donors (Lipinski definition) is 2. The fourth-order valence-corrected chi connectivity index (χ4v) is 0.952. The van der Waals surface area contributed by atoms with E-state index in [0.717, 1.165) is 0 Å². The zero-order valence-corrected chi connectivity index (χ0v) is 8.19. The van der Waals surface area contributed by atoms with E-state index in [1.54, 1.807) is 31.3 Å². The van der Waals surface area contributed by atoms with Crippen LogP contribution >= 0.6 is 0 Å². The third kappa shape index (κ3) is 2.58. The maximum absolute atomic E-state index is 11.1. The molecule has 1 heterocycles. The Morgan fingerprint density at radius 2 is 2.43 bits per heavy atom. The highest BCUT2D eigenvalue weighted by atomic mass is 16.1. The van der Waals surface area contributed by atoms with Crippen LogP contribution in [0, 0.1) is 0 Å². The van der Waals surface area contributed by atoms with E-state index in [1.165, 1.54) is 0 Å². The predicted octanol–water partition coefficient (Wildman–Crippen LogP) is -0.759. The van der Waals surface area contributed by atoms with Crippen LogP contribution in [0.5, 0.6) is 0 Å². The quantitative estimate of drug-likeness (QED) is 0.662. The van der Waals surface area contributed by atoms with Crippen LogP contribution in [-0.4, -0.2) is 36.5 Å². The summed E-state index contributed by atoms with van der Waals surface area (Å²) >= 11 is 0. The molecule has 14 heavy (non-hydrogen) atoms. The molecule has 1 rings (SSSR count). The Labute approximate surface area is 82.1 Å². The standard InChI is InChI=1S/C8H13N5O/c1-10-7(14)5-13(2)6-3-4-11-8(9)12-6/h3-4H,5H2,1-2H3,(H,10,14)(H2,9,11,12). The summed E-state index contributed by atoms with van der Waals surface area (Å²) in [6, 6.07) is 1.69. The number of carbonyl (C=O) groups is 1. The van der Waals surface area contributed by atoms with E-state index in [4.69, 9.17) is 5.73 Å². The van der Waals surface area contributed by atoms with E-state index in [9.17, 15) is 4.79 Å². The van der Waals surface area contributed by atoms with E-state index < -0.39 is 0 Å². The lowest BCUT2D eigenvalue weighted by Gasteiger charge is -2.16. The van der Waals surface area contributed by atoms with Crippen LogP contribution in [0.2, 0.25) is 0 Å². The van der Waals surface area contributed by atoms with Crippen molar-refractivity contribution in [2.24, 2.45) is 0 Å². The van der Waals surface area contributed by atoms with Crippen LogP contribution < -0.4 is 16.0 Å². The maximum atomic E-state index is 11.1. The zero-order chi connectivity index (χ0) is 10.6. The minimum absolute atomic E-state index is 0.0790. The summed E-state index contributed by atoms with van der Waals surface area (Å²) in [6.45, 7) is 0.243. The summed E-state index contributed by atoms with van der Waals surface area (Å²) in [7, 11) is 3.35. The molecule has 0 saturated carbocycles. The predicted molar refractivity (Wildman–Crippen MR) is 53.8 cm³/mol. The summed E-state index contributed by atoms with van der Waals surface area (Å²) in [6.07, 6.45) is 1.55. The first-order valence-corrected chi connectivity index (χ1v) is 4.13. The monoisotopic (exact) mass is 195 g/mol. The number of carbonyl (C=O) groups excluding carboxylic acids is 1. The van der Waals surface area contributed by atoms with E-state index in [1.807, 2.05) is 0 Å². The van der Waals surface area contributed by atoms with Gasteiger partial charge in [0.1, 0.15) is 5.82 Å². The minimum atomic E-state index is -0.0790. The van der Waals surface area contributed by atoms with Gasteiger partial charge in [0, 0.05) is 20.3 Å².